The molecule has 1 aromatic rings. The van der Waals surface area contributed by atoms with Gasteiger partial charge in [0.25, 0.3) is 5.91 Å². The van der Waals surface area contributed by atoms with Gasteiger partial charge in [0.05, 0.1) is 11.3 Å². The van der Waals surface area contributed by atoms with E-state index >= 15 is 0 Å². The smallest absolute Gasteiger partial charge is 0.256 e. The van der Waals surface area contributed by atoms with Crippen LogP contribution in [0.5, 0.6) is 0 Å². The van der Waals surface area contributed by atoms with E-state index in [0.29, 0.717) is 18.7 Å². The lowest BCUT2D eigenvalue weighted by atomic mass is 10.1. The molecule has 7 nitrogen and oxygen atoms in total. The molecular formula is C12H13N3O4. The highest BCUT2D eigenvalue weighted by atomic mass is 16.8. The Morgan fingerprint density at radius 1 is 1.42 bits per heavy atom. The topological polar surface area (TPSA) is 97.1 Å². The lowest BCUT2D eigenvalue weighted by molar-refractivity contribution is -0.991. The van der Waals surface area contributed by atoms with E-state index in [-0.39, 0.29) is 23.1 Å². The van der Waals surface area contributed by atoms with Crippen LogP contribution in [0.2, 0.25) is 0 Å². The van der Waals surface area contributed by atoms with Crippen molar-refractivity contribution in [2.24, 2.45) is 0 Å². The molecule has 0 bridgehead atoms. The van der Waals surface area contributed by atoms with E-state index in [0.717, 1.165) is 6.42 Å². The molecule has 0 spiro atoms. The van der Waals surface area contributed by atoms with Crippen molar-refractivity contribution in [3.05, 3.63) is 29.0 Å². The van der Waals surface area contributed by atoms with Crippen molar-refractivity contribution in [3.63, 3.8) is 0 Å². The van der Waals surface area contributed by atoms with Crippen molar-refractivity contribution in [2.75, 3.05) is 11.9 Å². The van der Waals surface area contributed by atoms with Crippen molar-refractivity contribution in [2.45, 2.75) is 18.9 Å². The fraction of sp³-hybridized carbons (Fsp3) is 0.333. The Morgan fingerprint density at radius 3 is 2.95 bits per heavy atom. The quantitative estimate of drug-likeness (QED) is 0.603. The minimum Gasteiger partial charge on any atom is -0.595 e. The number of quaternary nitrogens is 1. The van der Waals surface area contributed by atoms with Crippen LogP contribution in [0.25, 0.3) is 0 Å². The third kappa shape index (κ3) is 1.88. The molecule has 7 heteroatoms. The van der Waals surface area contributed by atoms with Crippen molar-refractivity contribution in [1.29, 1.82) is 0 Å². The molecule has 19 heavy (non-hydrogen) atoms. The summed E-state index contributed by atoms with van der Waals surface area (Å²) in [6.07, 6.45) is 1.44. The predicted octanol–water partition coefficient (Wildman–Crippen LogP) is -0.353. The molecule has 1 unspecified atom stereocenters. The Morgan fingerprint density at radius 2 is 2.21 bits per heavy atom. The average Bonchev–Trinajstić information content (AvgIpc) is 2.84. The number of nitrogens with zero attached hydrogens (tertiary/aromatic N) is 1. The second-order valence-electron chi connectivity index (χ2n) is 4.71. The van der Waals surface area contributed by atoms with Gasteiger partial charge >= 0.3 is 0 Å². The summed E-state index contributed by atoms with van der Waals surface area (Å²) in [5.41, 5.74) is 0.672. The van der Waals surface area contributed by atoms with Gasteiger partial charge in [-0.15, -0.1) is 0 Å². The molecule has 3 rings (SSSR count). The monoisotopic (exact) mass is 263 g/mol. The molecule has 2 aliphatic heterocycles. The summed E-state index contributed by atoms with van der Waals surface area (Å²) < 4.78 is 0. The number of nitrogens with one attached hydrogen (secondary N) is 2. The summed E-state index contributed by atoms with van der Waals surface area (Å²) in [5.74, 6) is -0.480. The summed E-state index contributed by atoms with van der Waals surface area (Å²) in [4.78, 5) is 25.9. The molecule has 2 aliphatic rings. The number of fused-ring (bicyclic) bond motifs is 2. The van der Waals surface area contributed by atoms with Crippen molar-refractivity contribution >= 4 is 23.2 Å². The van der Waals surface area contributed by atoms with Gasteiger partial charge in [-0.1, -0.05) is 0 Å². The van der Waals surface area contributed by atoms with Crippen LogP contribution in [0.4, 0.5) is 11.4 Å². The summed E-state index contributed by atoms with van der Waals surface area (Å²) in [7, 11) is 0. The van der Waals surface area contributed by atoms with E-state index in [1.165, 1.54) is 23.1 Å². The van der Waals surface area contributed by atoms with Crippen LogP contribution in [0.1, 0.15) is 23.2 Å². The van der Waals surface area contributed by atoms with E-state index in [2.05, 4.69) is 5.32 Å². The highest BCUT2D eigenvalue weighted by molar-refractivity contribution is 6.10. The minimum atomic E-state index is -1.09. The molecule has 2 amide bonds. The maximum Gasteiger partial charge on any atom is 0.256 e. The molecule has 0 aromatic heterocycles. The molecule has 1 saturated heterocycles. The van der Waals surface area contributed by atoms with Gasteiger partial charge in [0, 0.05) is 18.7 Å². The zero-order chi connectivity index (χ0) is 13.6. The van der Waals surface area contributed by atoms with Gasteiger partial charge in [-0.25, -0.2) is 5.21 Å². The number of carbonyl (C=O) groups excluding carboxylic acids is 2. The van der Waals surface area contributed by atoms with Gasteiger partial charge in [0.2, 0.25) is 5.91 Å². The Balaban J connectivity index is 2.08. The molecular weight excluding hydrogens is 250 g/mol. The number of hydrogen-bond acceptors (Lipinski definition) is 4. The Bertz CT molecular complexity index is 558. The summed E-state index contributed by atoms with van der Waals surface area (Å²) in [6.45, 7) is 0.535. The van der Waals surface area contributed by atoms with Crippen LogP contribution in [0.3, 0.4) is 0 Å². The van der Waals surface area contributed by atoms with Gasteiger partial charge < -0.3 is 15.4 Å². The Hall–Kier alpha value is -1.96. The predicted molar refractivity (Wildman–Crippen MR) is 64.9 cm³/mol. The number of hydrogen-bond donors (Lipinski definition) is 3. The molecule has 1 aromatic carbocycles. The Kier molecular flexibility index (Phi) is 2.74. The third-order valence-corrected chi connectivity index (χ3v) is 3.57. The van der Waals surface area contributed by atoms with Crippen LogP contribution < -0.4 is 10.5 Å². The highest BCUT2D eigenvalue weighted by Crippen LogP contribution is 2.29. The van der Waals surface area contributed by atoms with Crippen molar-refractivity contribution in [3.8, 4) is 0 Å². The SMILES string of the molecule is O=C1Nc2ccc([NH+]([O-])O)cc2C(=O)N2CCC[C@@H]12. The maximum absolute atomic E-state index is 12.4. The first-order valence-electron chi connectivity index (χ1n) is 6.07. The van der Waals surface area contributed by atoms with Gasteiger partial charge in [-0.3, -0.25) is 9.59 Å². The fourth-order valence-corrected chi connectivity index (χ4v) is 2.62. The summed E-state index contributed by atoms with van der Waals surface area (Å²) >= 11 is 0. The second kappa shape index (κ2) is 4.30. The molecule has 0 saturated carbocycles. The normalized spacial score (nSPS) is 23.5. The van der Waals surface area contributed by atoms with Crippen LogP contribution >= 0.6 is 0 Å². The minimum absolute atomic E-state index is 0.0407. The molecule has 2 heterocycles. The van der Waals surface area contributed by atoms with Crippen LogP contribution in [-0.2, 0) is 4.79 Å². The van der Waals surface area contributed by atoms with E-state index in [9.17, 15) is 14.8 Å². The average molecular weight is 263 g/mol. The standard InChI is InChI=1S/C12H13N3O4/c16-11-10-2-1-5-14(10)12(17)8-6-7(15(18)19)3-4-9(8)13-11/h3-4,6,10,15,18H,1-2,5H2,(H,13,16)/t10-/m0/s1. The number of benzene rings is 1. The number of anilines is 1. The lowest BCUT2D eigenvalue weighted by Crippen LogP contribution is -2.99. The lowest BCUT2D eigenvalue weighted by Gasteiger charge is -2.20. The first kappa shape index (κ1) is 12.1. The molecule has 0 radical (unpaired) electrons. The molecule has 3 N–H and O–H groups in total. The van der Waals surface area contributed by atoms with Gasteiger partial charge in [0.1, 0.15) is 6.04 Å². The van der Waals surface area contributed by atoms with Gasteiger partial charge in [-0.2, -0.15) is 5.23 Å². The highest BCUT2D eigenvalue weighted by Gasteiger charge is 2.38. The fourth-order valence-electron chi connectivity index (χ4n) is 2.62. The maximum atomic E-state index is 12.4. The Labute approximate surface area is 108 Å². The van der Waals surface area contributed by atoms with Crippen LogP contribution in [-0.4, -0.2) is 34.5 Å². The molecule has 100 valence electrons. The number of rotatable bonds is 1. The van der Waals surface area contributed by atoms with Gasteiger partial charge in [0.15, 0.2) is 5.69 Å². The van der Waals surface area contributed by atoms with Crippen LogP contribution in [0, 0.1) is 5.21 Å². The van der Waals surface area contributed by atoms with E-state index in [1.54, 1.807) is 0 Å². The summed E-state index contributed by atoms with van der Waals surface area (Å²) in [6, 6.07) is 3.73. The van der Waals surface area contributed by atoms with E-state index < -0.39 is 11.3 Å². The first-order chi connectivity index (χ1) is 9.08. The zero-order valence-corrected chi connectivity index (χ0v) is 10.0. The van der Waals surface area contributed by atoms with Gasteiger partial charge in [-0.05, 0) is 18.9 Å². The molecule has 1 fully saturated rings. The van der Waals surface area contributed by atoms with E-state index in [1.807, 2.05) is 0 Å². The second-order valence-corrected chi connectivity index (χ2v) is 4.71. The number of carbonyl (C=O) groups is 2. The number of amides is 2. The third-order valence-electron chi connectivity index (χ3n) is 3.57. The first-order valence-corrected chi connectivity index (χ1v) is 6.07. The van der Waals surface area contributed by atoms with Crippen molar-refractivity contribution in [1.82, 2.24) is 4.90 Å². The van der Waals surface area contributed by atoms with Crippen LogP contribution in [0.15, 0.2) is 18.2 Å². The molecule has 2 atom stereocenters. The summed E-state index contributed by atoms with van der Waals surface area (Å²) in [5, 5.41) is 21.5. The largest absolute Gasteiger partial charge is 0.595 e. The molecule has 0 aliphatic carbocycles. The van der Waals surface area contributed by atoms with E-state index in [4.69, 9.17) is 5.21 Å². The van der Waals surface area contributed by atoms with Crippen molar-refractivity contribution < 1.29 is 20.0 Å². The zero-order valence-electron chi connectivity index (χ0n) is 10.0.